The van der Waals surface area contributed by atoms with Gasteiger partial charge in [0.15, 0.2) is 0 Å². The van der Waals surface area contributed by atoms with Gasteiger partial charge in [-0.25, -0.2) is 9.37 Å². The Kier molecular flexibility index (Phi) is 7.10. The van der Waals surface area contributed by atoms with E-state index in [0.717, 1.165) is 24.1 Å². The van der Waals surface area contributed by atoms with Crippen LogP contribution in [-0.4, -0.2) is 38.7 Å². The highest BCUT2D eigenvalue weighted by Crippen LogP contribution is 2.24. The fourth-order valence-electron chi connectivity index (χ4n) is 3.95. The molecule has 3 aromatic rings. The Morgan fingerprint density at radius 2 is 1.94 bits per heavy atom. The summed E-state index contributed by atoms with van der Waals surface area (Å²) >= 11 is 0. The van der Waals surface area contributed by atoms with Crippen molar-refractivity contribution in [3.8, 4) is 5.69 Å². The van der Waals surface area contributed by atoms with Gasteiger partial charge in [-0.05, 0) is 61.2 Å². The number of unbranched alkanes of at least 4 members (excludes halogenated alkanes) is 1. The van der Waals surface area contributed by atoms with Gasteiger partial charge in [0.2, 0.25) is 0 Å². The third-order valence-electron chi connectivity index (χ3n) is 5.61. The number of halogens is 1. The van der Waals surface area contributed by atoms with Crippen molar-refractivity contribution in [3.05, 3.63) is 76.2 Å². The minimum Gasteiger partial charge on any atom is -0.481 e. The first-order chi connectivity index (χ1) is 16.5. The van der Waals surface area contributed by atoms with Crippen molar-refractivity contribution in [1.29, 1.82) is 0 Å². The molecule has 9 heteroatoms. The molecule has 0 bridgehead atoms. The monoisotopic (exact) mass is 463 g/mol. The summed E-state index contributed by atoms with van der Waals surface area (Å²) < 4.78 is 15.0. The van der Waals surface area contributed by atoms with Gasteiger partial charge < -0.3 is 5.11 Å². The van der Waals surface area contributed by atoms with Crippen LogP contribution in [0.3, 0.4) is 0 Å². The van der Waals surface area contributed by atoms with Gasteiger partial charge in [0.1, 0.15) is 11.6 Å². The van der Waals surface area contributed by atoms with Gasteiger partial charge in [-0.15, -0.1) is 0 Å². The first kappa shape index (κ1) is 23.3. The largest absolute Gasteiger partial charge is 0.481 e. The predicted molar refractivity (Wildman–Crippen MR) is 127 cm³/mol. The zero-order valence-electron chi connectivity index (χ0n) is 18.9. The van der Waals surface area contributed by atoms with Gasteiger partial charge in [0.05, 0.1) is 23.1 Å². The highest BCUT2D eigenvalue weighted by molar-refractivity contribution is 5.83. The standard InChI is InChI=1S/C25H26FN5O3/c1-2-13-30-16-18(15-27-29-30)17-7-12-21-22(14-17)28-23(5-3-4-6-24(32)33)31(25(21)34)20-10-8-19(26)9-11-20/h7-12,14,16H,2-6,13,15H2,1H3,(H,32,33). The summed E-state index contributed by atoms with van der Waals surface area (Å²) in [5, 5.41) is 19.5. The molecule has 0 spiro atoms. The topological polar surface area (TPSA) is 100 Å². The maximum atomic E-state index is 13.5. The summed E-state index contributed by atoms with van der Waals surface area (Å²) in [6.45, 7) is 3.28. The molecule has 0 saturated heterocycles. The van der Waals surface area contributed by atoms with E-state index in [-0.39, 0.29) is 12.0 Å². The van der Waals surface area contributed by atoms with E-state index in [1.807, 2.05) is 18.3 Å². The van der Waals surface area contributed by atoms with E-state index in [2.05, 4.69) is 17.3 Å². The van der Waals surface area contributed by atoms with Gasteiger partial charge in [-0.1, -0.05) is 18.2 Å². The van der Waals surface area contributed by atoms with Gasteiger partial charge in [0.25, 0.3) is 5.56 Å². The number of hydrogen-bond acceptors (Lipinski definition) is 6. The molecule has 34 heavy (non-hydrogen) atoms. The van der Waals surface area contributed by atoms with Gasteiger partial charge in [0, 0.05) is 31.2 Å². The number of benzene rings is 2. The average Bonchev–Trinajstić information content (AvgIpc) is 2.83. The number of carbonyl (C=O) groups is 1. The van der Waals surface area contributed by atoms with E-state index >= 15 is 0 Å². The predicted octanol–water partition coefficient (Wildman–Crippen LogP) is 4.76. The summed E-state index contributed by atoms with van der Waals surface area (Å²) in [6, 6.07) is 11.2. The van der Waals surface area contributed by atoms with Crippen molar-refractivity contribution < 1.29 is 14.3 Å². The molecule has 0 unspecified atom stereocenters. The fraction of sp³-hybridized carbons (Fsp3) is 0.320. The second kappa shape index (κ2) is 10.4. The number of hydrogen-bond donors (Lipinski definition) is 1. The van der Waals surface area contributed by atoms with Crippen LogP contribution in [0.2, 0.25) is 0 Å². The molecule has 176 valence electrons. The lowest BCUT2D eigenvalue weighted by molar-refractivity contribution is -0.137. The lowest BCUT2D eigenvalue weighted by Gasteiger charge is -2.19. The number of carboxylic acid groups (broad SMARTS) is 1. The first-order valence-corrected chi connectivity index (χ1v) is 11.3. The Morgan fingerprint density at radius 3 is 2.68 bits per heavy atom. The Bertz CT molecular complexity index is 1310. The maximum absolute atomic E-state index is 13.5. The molecular formula is C25H26FN5O3. The van der Waals surface area contributed by atoms with Crippen molar-refractivity contribution in [2.24, 2.45) is 10.3 Å². The Labute approximate surface area is 196 Å². The number of fused-ring (bicyclic) bond motifs is 1. The quantitative estimate of drug-likeness (QED) is 0.461. The molecule has 0 saturated carbocycles. The highest BCUT2D eigenvalue weighted by atomic mass is 19.1. The van der Waals surface area contributed by atoms with Crippen LogP contribution < -0.4 is 5.56 Å². The highest BCUT2D eigenvalue weighted by Gasteiger charge is 2.16. The minimum atomic E-state index is -0.859. The Morgan fingerprint density at radius 1 is 1.15 bits per heavy atom. The molecule has 1 N–H and O–H groups in total. The third kappa shape index (κ3) is 5.19. The lowest BCUT2D eigenvalue weighted by Crippen LogP contribution is -2.24. The number of aromatic nitrogens is 2. The fourth-order valence-corrected chi connectivity index (χ4v) is 3.95. The average molecular weight is 464 g/mol. The molecule has 2 heterocycles. The number of aliphatic carboxylic acids is 1. The van der Waals surface area contributed by atoms with Crippen LogP contribution in [0.25, 0.3) is 22.2 Å². The first-order valence-electron chi connectivity index (χ1n) is 11.3. The molecule has 8 nitrogen and oxygen atoms in total. The molecule has 2 aromatic carbocycles. The van der Waals surface area contributed by atoms with Gasteiger partial charge in [-0.2, -0.15) is 5.11 Å². The zero-order chi connectivity index (χ0) is 24.1. The molecule has 4 rings (SSSR count). The summed E-state index contributed by atoms with van der Waals surface area (Å²) in [4.78, 5) is 29.2. The number of carboxylic acids is 1. The lowest BCUT2D eigenvalue weighted by atomic mass is 10.0. The smallest absolute Gasteiger partial charge is 0.303 e. The summed E-state index contributed by atoms with van der Waals surface area (Å²) in [5.41, 5.74) is 2.72. The Hall–Kier alpha value is -3.88. The van der Waals surface area contributed by atoms with Crippen molar-refractivity contribution in [2.45, 2.75) is 39.0 Å². The molecule has 1 aromatic heterocycles. The summed E-state index contributed by atoms with van der Waals surface area (Å²) in [7, 11) is 0. The molecule has 0 amide bonds. The van der Waals surface area contributed by atoms with E-state index in [1.165, 1.54) is 16.7 Å². The van der Waals surface area contributed by atoms with E-state index < -0.39 is 11.8 Å². The molecule has 0 radical (unpaired) electrons. The van der Waals surface area contributed by atoms with E-state index in [4.69, 9.17) is 10.1 Å². The normalized spacial score (nSPS) is 13.4. The van der Waals surface area contributed by atoms with Crippen LogP contribution in [0.15, 0.2) is 63.8 Å². The molecular weight excluding hydrogens is 437 g/mol. The van der Waals surface area contributed by atoms with E-state index in [9.17, 15) is 14.0 Å². The van der Waals surface area contributed by atoms with E-state index in [0.29, 0.717) is 48.2 Å². The van der Waals surface area contributed by atoms with Crippen LogP contribution in [0.4, 0.5) is 4.39 Å². The molecule has 0 fully saturated rings. The number of aryl methyl sites for hydroxylation is 1. The van der Waals surface area contributed by atoms with Crippen LogP contribution >= 0.6 is 0 Å². The van der Waals surface area contributed by atoms with Gasteiger partial charge in [-0.3, -0.25) is 19.2 Å². The third-order valence-corrected chi connectivity index (χ3v) is 5.61. The van der Waals surface area contributed by atoms with Crippen LogP contribution in [-0.2, 0) is 11.2 Å². The zero-order valence-corrected chi connectivity index (χ0v) is 18.9. The van der Waals surface area contributed by atoms with Crippen molar-refractivity contribution in [3.63, 3.8) is 0 Å². The van der Waals surface area contributed by atoms with Crippen LogP contribution in [0, 0.1) is 5.82 Å². The summed E-state index contributed by atoms with van der Waals surface area (Å²) in [6.07, 6.45) is 4.40. The van der Waals surface area contributed by atoms with Crippen LogP contribution in [0.5, 0.6) is 0 Å². The number of nitrogens with zero attached hydrogens (tertiary/aromatic N) is 5. The maximum Gasteiger partial charge on any atom is 0.303 e. The van der Waals surface area contributed by atoms with Crippen LogP contribution in [0.1, 0.15) is 44.0 Å². The summed E-state index contributed by atoms with van der Waals surface area (Å²) in [5.74, 6) is -0.744. The Balaban J connectivity index is 1.76. The SMILES string of the molecule is CCCN1C=C(c2ccc3c(=O)n(-c4ccc(F)cc4)c(CCCCC(=O)O)nc3c2)CN=N1. The second-order valence-corrected chi connectivity index (χ2v) is 8.18. The minimum absolute atomic E-state index is 0.0511. The van der Waals surface area contributed by atoms with Crippen molar-refractivity contribution in [2.75, 3.05) is 13.1 Å². The second-order valence-electron chi connectivity index (χ2n) is 8.18. The van der Waals surface area contributed by atoms with Crippen molar-refractivity contribution in [1.82, 2.24) is 14.6 Å². The number of rotatable bonds is 9. The van der Waals surface area contributed by atoms with Crippen molar-refractivity contribution >= 4 is 22.4 Å². The molecule has 1 aliphatic rings. The molecule has 1 aliphatic heterocycles. The molecule has 0 atom stereocenters. The van der Waals surface area contributed by atoms with E-state index in [1.54, 1.807) is 23.2 Å². The molecule has 0 aliphatic carbocycles. The van der Waals surface area contributed by atoms with Gasteiger partial charge >= 0.3 is 5.97 Å².